The van der Waals surface area contributed by atoms with Gasteiger partial charge in [-0.25, -0.2) is 9.90 Å². The monoisotopic (exact) mass is 239 g/mol. The van der Waals surface area contributed by atoms with Crippen molar-refractivity contribution in [3.63, 3.8) is 0 Å². The number of esters is 1. The van der Waals surface area contributed by atoms with Crippen LogP contribution in [0.1, 0.15) is 64.2 Å². The summed E-state index contributed by atoms with van der Waals surface area (Å²) in [5.41, 5.74) is -1.42. The van der Waals surface area contributed by atoms with Gasteiger partial charge in [0.1, 0.15) is 0 Å². The number of rotatable bonds is 3. The molecule has 0 aromatic rings. The summed E-state index contributed by atoms with van der Waals surface area (Å²) in [6.07, 6.45) is 9.86. The van der Waals surface area contributed by atoms with Crippen molar-refractivity contribution in [2.75, 3.05) is 6.61 Å². The highest BCUT2D eigenvalue weighted by molar-refractivity contribution is 5.79. The van der Waals surface area contributed by atoms with E-state index in [9.17, 15) is 9.90 Å². The van der Waals surface area contributed by atoms with Gasteiger partial charge in [0.25, 0.3) is 0 Å². The predicted molar refractivity (Wildman–Crippen MR) is 64.0 cm³/mol. The third-order valence-electron chi connectivity index (χ3n) is 4.21. The molecule has 3 nitrogen and oxygen atoms in total. The number of ether oxygens (including phenoxy) is 1. The molecule has 0 bridgehead atoms. The Bertz CT molecular complexity index is 250. The van der Waals surface area contributed by atoms with Crippen LogP contribution in [0.25, 0.3) is 0 Å². The average molecular weight is 239 g/mol. The Morgan fingerprint density at radius 2 is 1.59 bits per heavy atom. The van der Waals surface area contributed by atoms with Crippen LogP contribution in [0, 0.1) is 5.92 Å². The van der Waals surface area contributed by atoms with Gasteiger partial charge in [-0.05, 0) is 44.4 Å². The van der Waals surface area contributed by atoms with Gasteiger partial charge in [0.2, 0.25) is 0 Å². The number of hydrogen-bond donors (Lipinski definition) is 0. The summed E-state index contributed by atoms with van der Waals surface area (Å²) in [4.78, 5) is 11.8. The Morgan fingerprint density at radius 1 is 1.00 bits per heavy atom. The first-order chi connectivity index (χ1) is 8.21. The number of carbonyl (C=O) groups excluding carboxylic acids is 1. The molecule has 0 amide bonds. The third-order valence-corrected chi connectivity index (χ3v) is 4.21. The average Bonchev–Trinajstić information content (AvgIpc) is 2.38. The minimum absolute atomic E-state index is 0.469. The zero-order valence-corrected chi connectivity index (χ0v) is 10.6. The van der Waals surface area contributed by atoms with Crippen LogP contribution in [-0.4, -0.2) is 18.2 Å². The van der Waals surface area contributed by atoms with Crippen molar-refractivity contribution >= 4 is 5.97 Å². The molecule has 0 atom stereocenters. The molecule has 0 heterocycles. The van der Waals surface area contributed by atoms with Crippen molar-refractivity contribution in [2.24, 2.45) is 5.92 Å². The highest BCUT2D eigenvalue weighted by Crippen LogP contribution is 2.30. The Kier molecular flexibility index (Phi) is 4.43. The van der Waals surface area contributed by atoms with E-state index >= 15 is 0 Å². The van der Waals surface area contributed by atoms with Gasteiger partial charge in [0.05, 0.1) is 6.61 Å². The smallest absolute Gasteiger partial charge is 0.341 e. The fourth-order valence-electron chi connectivity index (χ4n) is 3.01. The van der Waals surface area contributed by atoms with Gasteiger partial charge in [0.15, 0.2) is 5.60 Å². The van der Waals surface area contributed by atoms with E-state index in [1.165, 1.54) is 19.3 Å². The molecule has 2 saturated carbocycles. The van der Waals surface area contributed by atoms with Crippen LogP contribution < -0.4 is 0 Å². The first-order valence-corrected chi connectivity index (χ1v) is 7.08. The predicted octanol–water partition coefficient (Wildman–Crippen LogP) is 3.24. The van der Waals surface area contributed by atoms with E-state index in [1.54, 1.807) is 0 Å². The minimum Gasteiger partial charge on any atom is -0.463 e. The fourth-order valence-corrected chi connectivity index (χ4v) is 3.01. The summed E-state index contributed by atoms with van der Waals surface area (Å²) in [5, 5.41) is 12.2. The van der Waals surface area contributed by atoms with E-state index < -0.39 is 11.6 Å². The van der Waals surface area contributed by atoms with Crippen LogP contribution in [0.5, 0.6) is 0 Å². The molecule has 3 heteroatoms. The number of hydrogen-bond acceptors (Lipinski definition) is 2. The molecule has 2 fully saturated rings. The van der Waals surface area contributed by atoms with Crippen LogP contribution in [0.3, 0.4) is 0 Å². The number of carbonyl (C=O) groups is 1. The van der Waals surface area contributed by atoms with Crippen LogP contribution in [-0.2, 0) is 14.6 Å². The van der Waals surface area contributed by atoms with Gasteiger partial charge in [-0.3, -0.25) is 0 Å². The molecule has 0 spiro atoms. The van der Waals surface area contributed by atoms with Gasteiger partial charge in [0, 0.05) is 0 Å². The summed E-state index contributed by atoms with van der Waals surface area (Å²) >= 11 is 0. The van der Waals surface area contributed by atoms with Crippen LogP contribution in [0.4, 0.5) is 0 Å². The zero-order chi connectivity index (χ0) is 12.1. The fraction of sp³-hybridized carbons (Fsp3) is 0.929. The molecule has 17 heavy (non-hydrogen) atoms. The normalized spacial score (nSPS) is 25.5. The molecule has 1 radical (unpaired) electrons. The van der Waals surface area contributed by atoms with E-state index in [4.69, 9.17) is 4.74 Å². The van der Waals surface area contributed by atoms with E-state index in [2.05, 4.69) is 0 Å². The van der Waals surface area contributed by atoms with Crippen molar-refractivity contribution in [1.29, 1.82) is 0 Å². The molecule has 0 N–H and O–H groups in total. The lowest BCUT2D eigenvalue weighted by atomic mass is 9.85. The lowest BCUT2D eigenvalue weighted by molar-refractivity contribution is -0.179. The molecule has 2 aliphatic rings. The summed E-state index contributed by atoms with van der Waals surface area (Å²) in [6.45, 7) is 0.475. The molecular formula is C14H23O3. The van der Waals surface area contributed by atoms with Crippen molar-refractivity contribution in [1.82, 2.24) is 0 Å². The summed E-state index contributed by atoms with van der Waals surface area (Å²) in [7, 11) is 0. The lowest BCUT2D eigenvalue weighted by Crippen LogP contribution is -2.41. The maximum atomic E-state index is 12.2. The van der Waals surface area contributed by atoms with E-state index in [0.717, 1.165) is 32.1 Å². The highest BCUT2D eigenvalue weighted by Gasteiger charge is 2.41. The van der Waals surface area contributed by atoms with Gasteiger partial charge >= 0.3 is 5.97 Å². The van der Waals surface area contributed by atoms with Crippen molar-refractivity contribution in [2.45, 2.75) is 69.8 Å². The van der Waals surface area contributed by atoms with E-state index in [0.29, 0.717) is 25.4 Å². The molecule has 2 rings (SSSR count). The standard InChI is InChI=1S/C14H23O3/c15-13(14(16)9-5-2-6-10-14)17-11-12-7-3-1-4-8-12/h12H,1-11H2. The Morgan fingerprint density at radius 3 is 2.24 bits per heavy atom. The van der Waals surface area contributed by atoms with Gasteiger partial charge in [-0.2, -0.15) is 0 Å². The molecule has 0 unspecified atom stereocenters. The Balaban J connectivity index is 1.75. The molecule has 97 valence electrons. The maximum Gasteiger partial charge on any atom is 0.341 e. The molecule has 2 aliphatic carbocycles. The Labute approximate surface area is 104 Å². The SMILES string of the molecule is [O]C1(C(=O)OCC2CCCCC2)CCCCC1. The first-order valence-electron chi connectivity index (χ1n) is 7.08. The van der Waals surface area contributed by atoms with Gasteiger partial charge in [-0.1, -0.05) is 25.7 Å². The summed E-state index contributed by atoms with van der Waals surface area (Å²) < 4.78 is 5.27. The first kappa shape index (κ1) is 12.9. The minimum atomic E-state index is -1.42. The largest absolute Gasteiger partial charge is 0.463 e. The lowest BCUT2D eigenvalue weighted by Gasteiger charge is -2.28. The zero-order valence-electron chi connectivity index (χ0n) is 10.6. The topological polar surface area (TPSA) is 46.2 Å². The summed E-state index contributed by atoms with van der Waals surface area (Å²) in [5.74, 6) is 0.0164. The van der Waals surface area contributed by atoms with E-state index in [1.807, 2.05) is 0 Å². The van der Waals surface area contributed by atoms with Crippen LogP contribution in [0.15, 0.2) is 0 Å². The Hall–Kier alpha value is -0.570. The molecule has 0 aromatic heterocycles. The second-order valence-corrected chi connectivity index (χ2v) is 5.66. The second kappa shape index (κ2) is 5.85. The van der Waals surface area contributed by atoms with Crippen molar-refractivity contribution in [3.05, 3.63) is 0 Å². The van der Waals surface area contributed by atoms with Gasteiger partial charge < -0.3 is 4.74 Å². The molecule has 0 saturated heterocycles. The van der Waals surface area contributed by atoms with E-state index in [-0.39, 0.29) is 0 Å². The van der Waals surface area contributed by atoms with Crippen molar-refractivity contribution < 1.29 is 14.6 Å². The third kappa shape index (κ3) is 3.44. The van der Waals surface area contributed by atoms with Gasteiger partial charge in [-0.15, -0.1) is 0 Å². The van der Waals surface area contributed by atoms with Crippen LogP contribution in [0.2, 0.25) is 0 Å². The molecular weight excluding hydrogens is 216 g/mol. The summed E-state index contributed by atoms with van der Waals surface area (Å²) in [6, 6.07) is 0. The van der Waals surface area contributed by atoms with Crippen LogP contribution >= 0.6 is 0 Å². The van der Waals surface area contributed by atoms with Crippen molar-refractivity contribution in [3.8, 4) is 0 Å². The molecule has 0 aliphatic heterocycles. The second-order valence-electron chi connectivity index (χ2n) is 5.66. The maximum absolute atomic E-state index is 12.2. The quantitative estimate of drug-likeness (QED) is 0.710. The molecule has 0 aromatic carbocycles. The highest BCUT2D eigenvalue weighted by atomic mass is 16.5.